The van der Waals surface area contributed by atoms with Crippen molar-refractivity contribution in [2.24, 2.45) is 29.6 Å². The first-order valence-electron chi connectivity index (χ1n) is 6.07. The Labute approximate surface area is 84.1 Å². The molecule has 1 aliphatic carbocycles. The minimum Gasteiger partial charge on any atom is -0.0651 e. The van der Waals surface area contributed by atoms with Crippen molar-refractivity contribution in [1.82, 2.24) is 0 Å². The Kier molecular flexibility index (Phi) is 3.82. The van der Waals surface area contributed by atoms with Crippen LogP contribution in [0.4, 0.5) is 0 Å². The lowest BCUT2D eigenvalue weighted by molar-refractivity contribution is 0.375. The third-order valence-electron chi connectivity index (χ3n) is 4.37. The fraction of sp³-hybridized carbons (Fsp3) is 1.00. The maximum Gasteiger partial charge on any atom is -0.0332 e. The van der Waals surface area contributed by atoms with E-state index in [4.69, 9.17) is 0 Å². The second-order valence-corrected chi connectivity index (χ2v) is 5.36. The van der Waals surface area contributed by atoms with Crippen molar-refractivity contribution in [2.45, 2.75) is 53.9 Å². The van der Waals surface area contributed by atoms with Gasteiger partial charge in [0.05, 0.1) is 0 Å². The molecule has 0 nitrogen and oxygen atoms in total. The fourth-order valence-electron chi connectivity index (χ4n) is 2.68. The van der Waals surface area contributed by atoms with Crippen LogP contribution >= 0.6 is 0 Å². The Bertz CT molecular complexity index is 142. The van der Waals surface area contributed by atoms with E-state index < -0.39 is 0 Å². The molecule has 0 aromatic carbocycles. The van der Waals surface area contributed by atoms with Crippen molar-refractivity contribution in [2.75, 3.05) is 0 Å². The summed E-state index contributed by atoms with van der Waals surface area (Å²) >= 11 is 0. The van der Waals surface area contributed by atoms with E-state index in [0.717, 1.165) is 29.6 Å². The normalized spacial score (nSPS) is 37.2. The van der Waals surface area contributed by atoms with Gasteiger partial charge in [0.1, 0.15) is 0 Å². The summed E-state index contributed by atoms with van der Waals surface area (Å²) in [5, 5.41) is 0. The Morgan fingerprint density at radius 1 is 1.00 bits per heavy atom. The van der Waals surface area contributed by atoms with Crippen LogP contribution in [0.1, 0.15) is 53.9 Å². The number of hydrogen-bond acceptors (Lipinski definition) is 0. The van der Waals surface area contributed by atoms with Gasteiger partial charge in [-0.2, -0.15) is 0 Å². The molecule has 1 rings (SSSR count). The summed E-state index contributed by atoms with van der Waals surface area (Å²) < 4.78 is 0. The van der Waals surface area contributed by atoms with Crippen molar-refractivity contribution >= 4 is 0 Å². The lowest BCUT2D eigenvalue weighted by Crippen LogP contribution is -2.03. The van der Waals surface area contributed by atoms with Crippen molar-refractivity contribution in [3.8, 4) is 0 Å². The third kappa shape index (κ3) is 2.72. The van der Waals surface area contributed by atoms with Crippen LogP contribution in [0.2, 0.25) is 0 Å². The highest BCUT2D eigenvalue weighted by Crippen LogP contribution is 2.51. The predicted octanol–water partition coefficient (Wildman–Crippen LogP) is 4.35. The highest BCUT2D eigenvalue weighted by atomic mass is 14.5. The Balaban J connectivity index is 2.15. The molecule has 0 aliphatic heterocycles. The molecule has 0 heterocycles. The maximum absolute atomic E-state index is 2.45. The fourth-order valence-corrected chi connectivity index (χ4v) is 2.68. The SMILES string of the molecule is CCC(C)CCC(C)C1C(C)C1C. The second kappa shape index (κ2) is 4.48. The zero-order valence-electron chi connectivity index (χ0n) is 10.0. The van der Waals surface area contributed by atoms with Crippen molar-refractivity contribution in [3.05, 3.63) is 0 Å². The summed E-state index contributed by atoms with van der Waals surface area (Å²) in [6.07, 6.45) is 4.24. The Morgan fingerprint density at radius 2 is 1.54 bits per heavy atom. The predicted molar refractivity (Wildman–Crippen MR) is 59.7 cm³/mol. The summed E-state index contributed by atoms with van der Waals surface area (Å²) in [5.41, 5.74) is 0. The van der Waals surface area contributed by atoms with E-state index in [0.29, 0.717) is 0 Å². The molecule has 0 radical (unpaired) electrons. The molecule has 0 bridgehead atoms. The van der Waals surface area contributed by atoms with E-state index in [9.17, 15) is 0 Å². The van der Waals surface area contributed by atoms with E-state index in [1.165, 1.54) is 19.3 Å². The van der Waals surface area contributed by atoms with Gasteiger partial charge in [0.2, 0.25) is 0 Å². The Hall–Kier alpha value is 0. The topological polar surface area (TPSA) is 0 Å². The maximum atomic E-state index is 2.45. The monoisotopic (exact) mass is 182 g/mol. The molecule has 0 aromatic heterocycles. The highest BCUT2D eigenvalue weighted by Gasteiger charge is 2.45. The summed E-state index contributed by atoms with van der Waals surface area (Å²) in [6.45, 7) is 12.0. The van der Waals surface area contributed by atoms with Crippen LogP contribution in [0.3, 0.4) is 0 Å². The molecule has 0 spiro atoms. The van der Waals surface area contributed by atoms with Crippen molar-refractivity contribution in [1.29, 1.82) is 0 Å². The van der Waals surface area contributed by atoms with Crippen LogP contribution < -0.4 is 0 Å². The van der Waals surface area contributed by atoms with Gasteiger partial charge in [-0.05, 0) is 29.6 Å². The molecule has 1 aliphatic rings. The van der Waals surface area contributed by atoms with Crippen molar-refractivity contribution < 1.29 is 0 Å². The molecule has 78 valence electrons. The molecular formula is C13H26. The molecule has 0 saturated heterocycles. The van der Waals surface area contributed by atoms with E-state index >= 15 is 0 Å². The van der Waals surface area contributed by atoms with Gasteiger partial charge in [0.25, 0.3) is 0 Å². The lowest BCUT2D eigenvalue weighted by Gasteiger charge is -2.14. The van der Waals surface area contributed by atoms with Gasteiger partial charge in [-0.1, -0.05) is 53.9 Å². The van der Waals surface area contributed by atoms with Crippen LogP contribution in [-0.2, 0) is 0 Å². The van der Waals surface area contributed by atoms with E-state index in [1.54, 1.807) is 0 Å². The van der Waals surface area contributed by atoms with Crippen LogP contribution in [0.25, 0.3) is 0 Å². The zero-order valence-corrected chi connectivity index (χ0v) is 10.0. The van der Waals surface area contributed by atoms with E-state index in [2.05, 4.69) is 34.6 Å². The van der Waals surface area contributed by atoms with Crippen molar-refractivity contribution in [3.63, 3.8) is 0 Å². The standard InChI is InChI=1S/C13H26/c1-6-9(2)7-8-10(3)13-11(4)12(13)5/h9-13H,6-8H2,1-5H3. The van der Waals surface area contributed by atoms with Gasteiger partial charge in [0, 0.05) is 0 Å². The molecular weight excluding hydrogens is 156 g/mol. The highest BCUT2D eigenvalue weighted by molar-refractivity contribution is 4.93. The Morgan fingerprint density at radius 3 is 1.92 bits per heavy atom. The molecule has 0 N–H and O–H groups in total. The molecule has 0 amide bonds. The van der Waals surface area contributed by atoms with Gasteiger partial charge in [-0.3, -0.25) is 0 Å². The molecule has 1 saturated carbocycles. The average Bonchev–Trinajstić information content (AvgIpc) is 2.70. The third-order valence-corrected chi connectivity index (χ3v) is 4.37. The van der Waals surface area contributed by atoms with Crippen LogP contribution in [-0.4, -0.2) is 0 Å². The van der Waals surface area contributed by atoms with Gasteiger partial charge < -0.3 is 0 Å². The molecule has 0 aromatic rings. The van der Waals surface area contributed by atoms with Gasteiger partial charge in [-0.25, -0.2) is 0 Å². The minimum absolute atomic E-state index is 0.937. The van der Waals surface area contributed by atoms with Crippen LogP contribution in [0.5, 0.6) is 0 Å². The second-order valence-electron chi connectivity index (χ2n) is 5.36. The summed E-state index contributed by atoms with van der Waals surface area (Å²) in [6, 6.07) is 0. The number of rotatable bonds is 5. The summed E-state index contributed by atoms with van der Waals surface area (Å²) in [7, 11) is 0. The summed E-state index contributed by atoms with van der Waals surface area (Å²) in [5.74, 6) is 4.97. The van der Waals surface area contributed by atoms with Gasteiger partial charge >= 0.3 is 0 Å². The first kappa shape index (κ1) is 11.1. The molecule has 4 unspecified atom stereocenters. The molecule has 13 heavy (non-hydrogen) atoms. The first-order chi connectivity index (χ1) is 6.07. The first-order valence-corrected chi connectivity index (χ1v) is 6.07. The zero-order chi connectivity index (χ0) is 10.0. The van der Waals surface area contributed by atoms with E-state index in [1.807, 2.05) is 0 Å². The molecule has 4 atom stereocenters. The largest absolute Gasteiger partial charge is 0.0651 e. The smallest absolute Gasteiger partial charge is 0.0332 e. The van der Waals surface area contributed by atoms with Gasteiger partial charge in [0.15, 0.2) is 0 Å². The molecule has 1 fully saturated rings. The van der Waals surface area contributed by atoms with Crippen LogP contribution in [0, 0.1) is 29.6 Å². The lowest BCUT2D eigenvalue weighted by atomic mass is 9.92. The average molecular weight is 182 g/mol. The van der Waals surface area contributed by atoms with E-state index in [-0.39, 0.29) is 0 Å². The quantitative estimate of drug-likeness (QED) is 0.593. The molecule has 0 heteroatoms. The van der Waals surface area contributed by atoms with Crippen LogP contribution in [0.15, 0.2) is 0 Å². The minimum atomic E-state index is 0.937. The summed E-state index contributed by atoms with van der Waals surface area (Å²) in [4.78, 5) is 0. The van der Waals surface area contributed by atoms with Gasteiger partial charge in [-0.15, -0.1) is 0 Å². The number of hydrogen-bond donors (Lipinski definition) is 0.